The van der Waals surface area contributed by atoms with Gasteiger partial charge in [-0.25, -0.2) is 0 Å². The van der Waals surface area contributed by atoms with E-state index in [1.54, 1.807) is 36.4 Å². The molecule has 120 valence electrons. The number of nitrogens with one attached hydrogen (secondary N) is 2. The molecule has 0 saturated carbocycles. The van der Waals surface area contributed by atoms with Crippen LogP contribution in [0.15, 0.2) is 42.5 Å². The molecular formula is C16H14Cl2N2O2S. The van der Waals surface area contributed by atoms with E-state index in [2.05, 4.69) is 10.6 Å². The van der Waals surface area contributed by atoms with Gasteiger partial charge in [0.05, 0.1) is 5.02 Å². The monoisotopic (exact) mass is 368 g/mol. The Hall–Kier alpha value is -1.82. The van der Waals surface area contributed by atoms with Crippen LogP contribution in [-0.4, -0.2) is 17.6 Å². The van der Waals surface area contributed by atoms with E-state index < -0.39 is 0 Å². The Labute approximate surface area is 149 Å². The highest BCUT2D eigenvalue weighted by atomic mass is 35.5. The van der Waals surface area contributed by atoms with E-state index in [9.17, 15) is 4.79 Å². The van der Waals surface area contributed by atoms with Crippen molar-refractivity contribution in [2.45, 2.75) is 6.92 Å². The lowest BCUT2D eigenvalue weighted by atomic mass is 10.2. The molecule has 4 nitrogen and oxygen atoms in total. The number of rotatable bonds is 4. The molecule has 0 aliphatic heterocycles. The number of benzene rings is 2. The van der Waals surface area contributed by atoms with Crippen molar-refractivity contribution in [2.24, 2.45) is 0 Å². The quantitative estimate of drug-likeness (QED) is 0.794. The van der Waals surface area contributed by atoms with Crippen LogP contribution < -0.4 is 15.4 Å². The SMILES string of the molecule is Cc1c(Cl)cccc1NC(=S)NC(=O)COc1ccccc1Cl. The van der Waals surface area contributed by atoms with Gasteiger partial charge in [-0.05, 0) is 49.0 Å². The van der Waals surface area contributed by atoms with Crippen molar-refractivity contribution in [3.05, 3.63) is 58.1 Å². The summed E-state index contributed by atoms with van der Waals surface area (Å²) in [5.74, 6) is 0.0518. The summed E-state index contributed by atoms with van der Waals surface area (Å²) in [5, 5.41) is 6.69. The predicted octanol–water partition coefficient (Wildman–Crippen LogP) is 4.19. The van der Waals surface area contributed by atoms with Crippen LogP contribution in [0.1, 0.15) is 5.56 Å². The molecule has 2 rings (SSSR count). The molecule has 2 aromatic rings. The number of carbonyl (C=O) groups excluding carboxylic acids is 1. The van der Waals surface area contributed by atoms with E-state index in [4.69, 9.17) is 40.2 Å². The number of hydrogen-bond acceptors (Lipinski definition) is 3. The molecule has 2 aromatic carbocycles. The number of carbonyl (C=O) groups is 1. The summed E-state index contributed by atoms with van der Waals surface area (Å²) in [6.07, 6.45) is 0. The third-order valence-electron chi connectivity index (χ3n) is 2.96. The second kappa shape index (κ2) is 8.15. The number of para-hydroxylation sites is 1. The first-order chi connectivity index (χ1) is 11.0. The number of anilines is 1. The smallest absolute Gasteiger partial charge is 0.264 e. The van der Waals surface area contributed by atoms with Crippen LogP contribution in [0.2, 0.25) is 10.0 Å². The zero-order chi connectivity index (χ0) is 16.8. The normalized spacial score (nSPS) is 10.0. The largest absolute Gasteiger partial charge is 0.482 e. The molecule has 0 saturated heterocycles. The standard InChI is InChI=1S/C16H14Cl2N2O2S/c1-10-11(17)6-4-7-13(10)19-16(23)20-15(21)9-22-14-8-3-2-5-12(14)18/h2-8H,9H2,1H3,(H2,19,20,21,23). The second-order valence-corrected chi connectivity index (χ2v) is 5.86. The average molecular weight is 369 g/mol. The molecule has 1 amide bonds. The lowest BCUT2D eigenvalue weighted by Crippen LogP contribution is -2.37. The first-order valence-electron chi connectivity index (χ1n) is 6.70. The summed E-state index contributed by atoms with van der Waals surface area (Å²) >= 11 is 17.1. The molecule has 0 aliphatic carbocycles. The van der Waals surface area contributed by atoms with Crippen molar-refractivity contribution in [1.82, 2.24) is 5.32 Å². The van der Waals surface area contributed by atoms with Crippen LogP contribution in [0, 0.1) is 6.92 Å². The summed E-state index contributed by atoms with van der Waals surface area (Å²) < 4.78 is 5.34. The third kappa shape index (κ3) is 5.10. The Morgan fingerprint density at radius 2 is 1.83 bits per heavy atom. The molecule has 0 bridgehead atoms. The van der Waals surface area contributed by atoms with Gasteiger partial charge in [0, 0.05) is 10.7 Å². The Morgan fingerprint density at radius 3 is 2.57 bits per heavy atom. The number of ether oxygens (including phenoxy) is 1. The highest BCUT2D eigenvalue weighted by Gasteiger charge is 2.09. The van der Waals surface area contributed by atoms with Gasteiger partial charge in [-0.3, -0.25) is 10.1 Å². The first-order valence-corrected chi connectivity index (χ1v) is 7.87. The fourth-order valence-corrected chi connectivity index (χ4v) is 2.35. The van der Waals surface area contributed by atoms with Gasteiger partial charge in [-0.1, -0.05) is 41.4 Å². The zero-order valence-corrected chi connectivity index (χ0v) is 14.6. The molecule has 2 N–H and O–H groups in total. The van der Waals surface area contributed by atoms with Gasteiger partial charge in [0.15, 0.2) is 11.7 Å². The third-order valence-corrected chi connectivity index (χ3v) is 3.89. The molecule has 0 aliphatic rings. The molecule has 7 heteroatoms. The van der Waals surface area contributed by atoms with Gasteiger partial charge in [-0.2, -0.15) is 0 Å². The molecule has 0 fully saturated rings. The van der Waals surface area contributed by atoms with Gasteiger partial charge in [0.1, 0.15) is 5.75 Å². The Balaban J connectivity index is 1.86. The average Bonchev–Trinajstić information content (AvgIpc) is 2.51. The van der Waals surface area contributed by atoms with Gasteiger partial charge in [0.25, 0.3) is 5.91 Å². The van der Waals surface area contributed by atoms with Crippen molar-refractivity contribution in [3.63, 3.8) is 0 Å². The fraction of sp³-hybridized carbons (Fsp3) is 0.125. The summed E-state index contributed by atoms with van der Waals surface area (Å²) in [6.45, 7) is 1.66. The summed E-state index contributed by atoms with van der Waals surface area (Å²) in [5.41, 5.74) is 1.58. The van der Waals surface area contributed by atoms with Crippen LogP contribution in [0.4, 0.5) is 5.69 Å². The second-order valence-electron chi connectivity index (χ2n) is 4.63. The maximum atomic E-state index is 11.8. The van der Waals surface area contributed by atoms with Crippen LogP contribution in [-0.2, 0) is 4.79 Å². The zero-order valence-electron chi connectivity index (χ0n) is 12.2. The van der Waals surface area contributed by atoms with Crippen molar-refractivity contribution >= 4 is 52.1 Å². The van der Waals surface area contributed by atoms with E-state index >= 15 is 0 Å². The Kier molecular flexibility index (Phi) is 6.21. The first kappa shape index (κ1) is 17.5. The fourth-order valence-electron chi connectivity index (χ4n) is 1.76. The van der Waals surface area contributed by atoms with E-state index in [0.29, 0.717) is 15.8 Å². The molecule has 0 atom stereocenters. The minimum atomic E-state index is -0.387. The van der Waals surface area contributed by atoms with Gasteiger partial charge < -0.3 is 10.1 Å². The van der Waals surface area contributed by atoms with E-state index in [1.165, 1.54) is 0 Å². The molecular weight excluding hydrogens is 355 g/mol. The van der Waals surface area contributed by atoms with Crippen LogP contribution in [0.25, 0.3) is 0 Å². The van der Waals surface area contributed by atoms with Gasteiger partial charge in [-0.15, -0.1) is 0 Å². The van der Waals surface area contributed by atoms with Gasteiger partial charge in [0.2, 0.25) is 0 Å². The maximum Gasteiger partial charge on any atom is 0.264 e. The number of amides is 1. The minimum absolute atomic E-state index is 0.170. The highest BCUT2D eigenvalue weighted by molar-refractivity contribution is 7.80. The van der Waals surface area contributed by atoms with Crippen LogP contribution in [0.3, 0.4) is 0 Å². The summed E-state index contributed by atoms with van der Waals surface area (Å²) in [4.78, 5) is 11.8. The van der Waals surface area contributed by atoms with Crippen molar-refractivity contribution < 1.29 is 9.53 Å². The van der Waals surface area contributed by atoms with Crippen LogP contribution in [0.5, 0.6) is 5.75 Å². The molecule has 0 spiro atoms. The summed E-state index contributed by atoms with van der Waals surface area (Å²) in [7, 11) is 0. The van der Waals surface area contributed by atoms with E-state index in [0.717, 1.165) is 11.3 Å². The molecule has 0 radical (unpaired) electrons. The van der Waals surface area contributed by atoms with E-state index in [-0.39, 0.29) is 17.6 Å². The topological polar surface area (TPSA) is 50.4 Å². The highest BCUT2D eigenvalue weighted by Crippen LogP contribution is 2.23. The number of thiocarbonyl (C=S) groups is 1. The molecule has 0 aromatic heterocycles. The van der Waals surface area contributed by atoms with Crippen molar-refractivity contribution in [2.75, 3.05) is 11.9 Å². The van der Waals surface area contributed by atoms with Crippen molar-refractivity contribution in [3.8, 4) is 5.75 Å². The lowest BCUT2D eigenvalue weighted by molar-refractivity contribution is -0.121. The molecule has 23 heavy (non-hydrogen) atoms. The number of halogens is 2. The van der Waals surface area contributed by atoms with Crippen molar-refractivity contribution in [1.29, 1.82) is 0 Å². The summed E-state index contributed by atoms with van der Waals surface area (Å²) in [6, 6.07) is 12.3. The predicted molar refractivity (Wildman–Crippen MR) is 97.5 cm³/mol. The number of hydrogen-bond donors (Lipinski definition) is 2. The lowest BCUT2D eigenvalue weighted by Gasteiger charge is -2.13. The molecule has 0 unspecified atom stereocenters. The van der Waals surface area contributed by atoms with Gasteiger partial charge >= 0.3 is 0 Å². The maximum absolute atomic E-state index is 11.8. The minimum Gasteiger partial charge on any atom is -0.482 e. The van der Waals surface area contributed by atoms with Crippen LogP contribution >= 0.6 is 35.4 Å². The van der Waals surface area contributed by atoms with E-state index in [1.807, 2.05) is 13.0 Å². The Bertz CT molecular complexity index is 738. The Morgan fingerprint density at radius 1 is 1.13 bits per heavy atom. The molecule has 0 heterocycles.